The maximum absolute atomic E-state index is 5.81. The van der Waals surface area contributed by atoms with Gasteiger partial charge in [-0.25, -0.2) is 4.98 Å². The molecule has 0 bridgehead atoms. The summed E-state index contributed by atoms with van der Waals surface area (Å²) in [5, 5.41) is 0. The molecule has 0 saturated carbocycles. The summed E-state index contributed by atoms with van der Waals surface area (Å²) in [4.78, 5) is 6.84. The summed E-state index contributed by atoms with van der Waals surface area (Å²) in [6, 6.07) is 4.11. The van der Waals surface area contributed by atoms with Crippen LogP contribution in [0.15, 0.2) is 18.3 Å². The van der Waals surface area contributed by atoms with Gasteiger partial charge in [0.15, 0.2) is 0 Å². The average molecular weight is 234 g/mol. The average Bonchev–Trinajstić information content (AvgIpc) is 2.29. The van der Waals surface area contributed by atoms with Crippen molar-refractivity contribution in [2.45, 2.75) is 33.3 Å². The van der Waals surface area contributed by atoms with Crippen molar-refractivity contribution in [1.29, 1.82) is 0 Å². The molecular formula is C14H22N2O. The lowest BCUT2D eigenvalue weighted by atomic mass is 10.0. The van der Waals surface area contributed by atoms with Crippen molar-refractivity contribution in [3.63, 3.8) is 0 Å². The molecule has 0 spiro atoms. The second-order valence-corrected chi connectivity index (χ2v) is 5.21. The van der Waals surface area contributed by atoms with E-state index in [4.69, 9.17) is 4.74 Å². The van der Waals surface area contributed by atoms with Crippen molar-refractivity contribution < 1.29 is 4.74 Å². The monoisotopic (exact) mass is 234 g/mol. The highest BCUT2D eigenvalue weighted by Gasteiger charge is 2.22. The van der Waals surface area contributed by atoms with Gasteiger partial charge in [-0.3, -0.25) is 0 Å². The van der Waals surface area contributed by atoms with Gasteiger partial charge >= 0.3 is 0 Å². The zero-order chi connectivity index (χ0) is 12.3. The fourth-order valence-corrected chi connectivity index (χ4v) is 2.39. The molecule has 1 unspecified atom stereocenters. The molecule has 2 rings (SSSR count). The molecule has 1 atom stereocenters. The number of anilines is 1. The van der Waals surface area contributed by atoms with E-state index in [0.717, 1.165) is 31.9 Å². The number of morpholine rings is 1. The summed E-state index contributed by atoms with van der Waals surface area (Å²) in [5.74, 6) is 1.80. The number of ether oxygens (including phenoxy) is 1. The van der Waals surface area contributed by atoms with Crippen molar-refractivity contribution >= 4 is 5.82 Å². The summed E-state index contributed by atoms with van der Waals surface area (Å²) < 4.78 is 5.81. The predicted molar refractivity (Wildman–Crippen MR) is 70.4 cm³/mol. The minimum absolute atomic E-state index is 0.352. The lowest BCUT2D eigenvalue weighted by Crippen LogP contribution is -2.43. The van der Waals surface area contributed by atoms with Crippen LogP contribution >= 0.6 is 0 Å². The molecule has 1 aromatic rings. The molecule has 1 aliphatic rings. The van der Waals surface area contributed by atoms with Gasteiger partial charge in [0.2, 0.25) is 0 Å². The second-order valence-electron chi connectivity index (χ2n) is 5.21. The predicted octanol–water partition coefficient (Wildman–Crippen LogP) is 2.64. The summed E-state index contributed by atoms with van der Waals surface area (Å²) in [6.07, 6.45) is 3.35. The molecule has 94 valence electrons. The highest BCUT2D eigenvalue weighted by Crippen LogP contribution is 2.21. The first kappa shape index (κ1) is 12.4. The van der Waals surface area contributed by atoms with Crippen LogP contribution in [0.5, 0.6) is 0 Å². The van der Waals surface area contributed by atoms with E-state index in [-0.39, 0.29) is 0 Å². The quantitative estimate of drug-likeness (QED) is 0.804. The minimum atomic E-state index is 0.352. The Kier molecular flexibility index (Phi) is 4.00. The number of aromatic nitrogens is 1. The Morgan fingerprint density at radius 1 is 1.53 bits per heavy atom. The third-order valence-corrected chi connectivity index (χ3v) is 3.15. The van der Waals surface area contributed by atoms with E-state index in [9.17, 15) is 0 Å². The van der Waals surface area contributed by atoms with Crippen LogP contribution in [0.25, 0.3) is 0 Å². The zero-order valence-corrected chi connectivity index (χ0v) is 11.0. The number of nitrogens with zero attached hydrogens (tertiary/aromatic N) is 2. The lowest BCUT2D eigenvalue weighted by molar-refractivity contribution is 0.0273. The lowest BCUT2D eigenvalue weighted by Gasteiger charge is -2.35. The van der Waals surface area contributed by atoms with Crippen molar-refractivity contribution in [3.8, 4) is 0 Å². The first-order valence-electron chi connectivity index (χ1n) is 6.45. The summed E-state index contributed by atoms with van der Waals surface area (Å²) >= 11 is 0. The molecule has 1 saturated heterocycles. The Morgan fingerprint density at radius 2 is 2.35 bits per heavy atom. The smallest absolute Gasteiger partial charge is 0.131 e. The fraction of sp³-hybridized carbons (Fsp3) is 0.643. The van der Waals surface area contributed by atoms with E-state index in [2.05, 4.69) is 36.7 Å². The van der Waals surface area contributed by atoms with E-state index >= 15 is 0 Å². The van der Waals surface area contributed by atoms with Crippen molar-refractivity contribution in [1.82, 2.24) is 4.98 Å². The summed E-state index contributed by atoms with van der Waals surface area (Å²) in [7, 11) is 0. The van der Waals surface area contributed by atoms with Gasteiger partial charge in [-0.2, -0.15) is 0 Å². The Balaban J connectivity index is 2.04. The van der Waals surface area contributed by atoms with Gasteiger partial charge in [0.1, 0.15) is 5.82 Å². The van der Waals surface area contributed by atoms with Gasteiger partial charge in [-0.15, -0.1) is 0 Å². The van der Waals surface area contributed by atoms with Crippen LogP contribution in [0.1, 0.15) is 25.8 Å². The zero-order valence-electron chi connectivity index (χ0n) is 11.0. The van der Waals surface area contributed by atoms with Crippen molar-refractivity contribution in [3.05, 3.63) is 23.9 Å². The topological polar surface area (TPSA) is 25.4 Å². The van der Waals surface area contributed by atoms with E-state index in [1.807, 2.05) is 12.3 Å². The Morgan fingerprint density at radius 3 is 3.06 bits per heavy atom. The first-order valence-corrected chi connectivity index (χ1v) is 6.45. The normalized spacial score (nSPS) is 20.9. The fourth-order valence-electron chi connectivity index (χ4n) is 2.39. The number of hydrogen-bond donors (Lipinski definition) is 0. The largest absolute Gasteiger partial charge is 0.375 e. The highest BCUT2D eigenvalue weighted by atomic mass is 16.5. The van der Waals surface area contributed by atoms with Crippen molar-refractivity contribution in [2.75, 3.05) is 24.6 Å². The van der Waals surface area contributed by atoms with Gasteiger partial charge in [0.25, 0.3) is 0 Å². The van der Waals surface area contributed by atoms with Crippen LogP contribution in [0, 0.1) is 12.8 Å². The van der Waals surface area contributed by atoms with Crippen LogP contribution < -0.4 is 4.90 Å². The van der Waals surface area contributed by atoms with E-state index in [1.54, 1.807) is 0 Å². The maximum atomic E-state index is 5.81. The van der Waals surface area contributed by atoms with E-state index in [0.29, 0.717) is 12.0 Å². The molecule has 1 fully saturated rings. The number of hydrogen-bond acceptors (Lipinski definition) is 3. The van der Waals surface area contributed by atoms with Gasteiger partial charge < -0.3 is 9.64 Å². The van der Waals surface area contributed by atoms with Crippen LogP contribution in [0.4, 0.5) is 5.82 Å². The van der Waals surface area contributed by atoms with Crippen LogP contribution in [0.2, 0.25) is 0 Å². The van der Waals surface area contributed by atoms with Gasteiger partial charge in [0, 0.05) is 19.3 Å². The van der Waals surface area contributed by atoms with Crippen LogP contribution in [0.3, 0.4) is 0 Å². The standard InChI is InChI=1S/C14H22N2O/c1-11(2)9-13-10-16(7-8-17-13)14-12(3)5-4-6-15-14/h4-6,11,13H,7-10H2,1-3H3. The Bertz CT molecular complexity index is 365. The number of aryl methyl sites for hydroxylation is 1. The summed E-state index contributed by atoms with van der Waals surface area (Å²) in [6.45, 7) is 9.34. The molecule has 0 aromatic carbocycles. The van der Waals surface area contributed by atoms with Gasteiger partial charge in [0.05, 0.1) is 12.7 Å². The molecule has 17 heavy (non-hydrogen) atoms. The Hall–Kier alpha value is -1.09. The molecule has 0 radical (unpaired) electrons. The number of pyridine rings is 1. The molecular weight excluding hydrogens is 212 g/mol. The molecule has 0 aliphatic carbocycles. The third kappa shape index (κ3) is 3.19. The second kappa shape index (κ2) is 5.50. The molecule has 3 heteroatoms. The molecule has 3 nitrogen and oxygen atoms in total. The molecule has 1 aliphatic heterocycles. The Labute approximate surface area is 104 Å². The maximum Gasteiger partial charge on any atom is 0.131 e. The van der Waals surface area contributed by atoms with E-state index in [1.165, 1.54) is 5.56 Å². The summed E-state index contributed by atoms with van der Waals surface area (Å²) in [5.41, 5.74) is 1.25. The van der Waals surface area contributed by atoms with Gasteiger partial charge in [-0.05, 0) is 30.9 Å². The van der Waals surface area contributed by atoms with Crippen molar-refractivity contribution in [2.24, 2.45) is 5.92 Å². The molecule has 2 heterocycles. The van der Waals surface area contributed by atoms with Gasteiger partial charge in [-0.1, -0.05) is 19.9 Å². The van der Waals surface area contributed by atoms with E-state index < -0.39 is 0 Å². The minimum Gasteiger partial charge on any atom is -0.375 e. The molecule has 0 amide bonds. The third-order valence-electron chi connectivity index (χ3n) is 3.15. The molecule has 0 N–H and O–H groups in total. The SMILES string of the molecule is Cc1cccnc1N1CCOC(CC(C)C)C1. The van der Waals surface area contributed by atoms with Crippen LogP contribution in [-0.2, 0) is 4.74 Å². The molecule has 1 aromatic heterocycles. The highest BCUT2D eigenvalue weighted by molar-refractivity contribution is 5.46. The first-order chi connectivity index (χ1) is 8.16. The number of rotatable bonds is 3. The van der Waals surface area contributed by atoms with Crippen LogP contribution in [-0.4, -0.2) is 30.8 Å².